The fraction of sp³-hybridized carbons (Fsp3) is 0.476. The summed E-state index contributed by atoms with van der Waals surface area (Å²) in [6.45, 7) is 2.01. The minimum absolute atomic E-state index is 0.0364. The van der Waals surface area contributed by atoms with Gasteiger partial charge in [0, 0.05) is 11.3 Å². The van der Waals surface area contributed by atoms with Crippen LogP contribution in [0, 0.1) is 0 Å². The molecule has 16 heteroatoms. The lowest BCUT2D eigenvalue weighted by Gasteiger charge is -2.23. The molecule has 2 N–H and O–H groups in total. The van der Waals surface area contributed by atoms with E-state index < -0.39 is 44.3 Å². The average Bonchev–Trinajstić information content (AvgIpc) is 3.36. The van der Waals surface area contributed by atoms with Crippen molar-refractivity contribution in [1.29, 1.82) is 0 Å². The Labute approximate surface area is 211 Å². The van der Waals surface area contributed by atoms with Gasteiger partial charge in [-0.15, -0.1) is 0 Å². The molecule has 4 rings (SSSR count). The molecule has 0 saturated heterocycles. The second-order valence-corrected chi connectivity index (χ2v) is 12.7. The predicted octanol–water partition coefficient (Wildman–Crippen LogP) is 5.34. The van der Waals surface area contributed by atoms with E-state index in [0.717, 1.165) is 22.6 Å². The Morgan fingerprint density at radius 3 is 2.57 bits per heavy atom. The molecule has 1 unspecified atom stereocenters. The van der Waals surface area contributed by atoms with E-state index in [1.807, 2.05) is 18.2 Å². The van der Waals surface area contributed by atoms with Crippen molar-refractivity contribution in [2.45, 2.75) is 48.3 Å². The van der Waals surface area contributed by atoms with Crippen LogP contribution in [0.3, 0.4) is 0 Å². The van der Waals surface area contributed by atoms with Gasteiger partial charge in [-0.2, -0.15) is 31.3 Å². The van der Waals surface area contributed by atoms with Crippen molar-refractivity contribution in [3.8, 4) is 5.75 Å². The first-order chi connectivity index (χ1) is 17.2. The topological polar surface area (TPSA) is 105 Å². The zero-order valence-electron chi connectivity index (χ0n) is 19.3. The average molecular weight is 569 g/mol. The lowest BCUT2D eigenvalue weighted by atomic mass is 10.2. The summed E-state index contributed by atoms with van der Waals surface area (Å²) < 4.78 is 101. The molecule has 8 nitrogen and oxygen atoms in total. The molecule has 0 bridgehead atoms. The Balaban J connectivity index is 1.49. The molecule has 0 amide bonds. The number of nitrogens with two attached hydrogens (primary N) is 1. The van der Waals surface area contributed by atoms with Gasteiger partial charge < -0.3 is 24.3 Å². The molecule has 0 radical (unpaired) electrons. The van der Waals surface area contributed by atoms with Crippen molar-refractivity contribution >= 4 is 36.0 Å². The largest absolute Gasteiger partial charge is 0.493 e. The summed E-state index contributed by atoms with van der Waals surface area (Å²) in [6, 6.07) is 5.70. The molecule has 0 aliphatic carbocycles. The SMILES string of the molecule is CC(Cn1cnc2c(Sc3ccc4c(c3)CCO4)nc(N)nc21)OCP(=O)(CC(F)(F)F)CC(F)(F)F. The van der Waals surface area contributed by atoms with Crippen molar-refractivity contribution < 1.29 is 40.4 Å². The Bertz CT molecular complexity index is 1310. The third-order valence-electron chi connectivity index (χ3n) is 5.31. The lowest BCUT2D eigenvalue weighted by Crippen LogP contribution is -2.26. The Kier molecular flexibility index (Phi) is 7.69. The highest BCUT2D eigenvalue weighted by Gasteiger charge is 2.46. The van der Waals surface area contributed by atoms with Crippen LogP contribution in [-0.2, 0) is 22.3 Å². The monoisotopic (exact) mass is 569 g/mol. The zero-order chi connectivity index (χ0) is 27.0. The van der Waals surface area contributed by atoms with Crippen molar-refractivity contribution in [2.24, 2.45) is 0 Å². The van der Waals surface area contributed by atoms with Crippen LogP contribution >= 0.6 is 18.9 Å². The summed E-state index contributed by atoms with van der Waals surface area (Å²) >= 11 is 1.31. The number of rotatable bonds is 9. The number of alkyl halides is 6. The lowest BCUT2D eigenvalue weighted by molar-refractivity contribution is -0.113. The third-order valence-corrected chi connectivity index (χ3v) is 8.76. The Morgan fingerprint density at radius 2 is 1.89 bits per heavy atom. The van der Waals surface area contributed by atoms with Gasteiger partial charge in [0.25, 0.3) is 0 Å². The number of anilines is 1. The first-order valence-electron chi connectivity index (χ1n) is 10.9. The van der Waals surface area contributed by atoms with E-state index in [1.165, 1.54) is 29.6 Å². The number of aromatic nitrogens is 4. The smallest absolute Gasteiger partial charge is 0.395 e. The van der Waals surface area contributed by atoms with Gasteiger partial charge in [-0.05, 0) is 30.7 Å². The molecule has 1 atom stereocenters. The quantitative estimate of drug-likeness (QED) is 0.209. The molecule has 2 aromatic heterocycles. The van der Waals surface area contributed by atoms with Crippen LogP contribution < -0.4 is 10.5 Å². The predicted molar refractivity (Wildman–Crippen MR) is 124 cm³/mol. The van der Waals surface area contributed by atoms with Crippen LogP contribution in [0.25, 0.3) is 11.2 Å². The van der Waals surface area contributed by atoms with Gasteiger partial charge in [0.15, 0.2) is 5.65 Å². The molecule has 37 heavy (non-hydrogen) atoms. The first kappa shape index (κ1) is 27.5. The molecule has 1 aliphatic rings. The molecule has 3 aromatic rings. The maximum Gasteiger partial charge on any atom is 0.395 e. The molecule has 202 valence electrons. The van der Waals surface area contributed by atoms with E-state index in [9.17, 15) is 30.9 Å². The van der Waals surface area contributed by atoms with Gasteiger partial charge in [-0.25, -0.2) is 9.97 Å². The van der Waals surface area contributed by atoms with Crippen LogP contribution in [0.2, 0.25) is 0 Å². The van der Waals surface area contributed by atoms with Gasteiger partial charge in [0.1, 0.15) is 29.8 Å². The van der Waals surface area contributed by atoms with Crippen molar-refractivity contribution in [3.63, 3.8) is 0 Å². The van der Waals surface area contributed by atoms with E-state index in [1.54, 1.807) is 0 Å². The van der Waals surface area contributed by atoms with Crippen molar-refractivity contribution in [1.82, 2.24) is 19.5 Å². The summed E-state index contributed by atoms with van der Waals surface area (Å²) in [7, 11) is -4.77. The highest BCUT2D eigenvalue weighted by molar-refractivity contribution is 7.99. The molecular weight excluding hydrogens is 547 g/mol. The number of ether oxygens (including phenoxy) is 2. The maximum absolute atomic E-state index is 12.8. The summed E-state index contributed by atoms with van der Waals surface area (Å²) in [4.78, 5) is 13.6. The summed E-state index contributed by atoms with van der Waals surface area (Å²) in [5.41, 5.74) is 7.66. The fourth-order valence-electron chi connectivity index (χ4n) is 3.87. The van der Waals surface area contributed by atoms with Crippen molar-refractivity contribution in [3.05, 3.63) is 30.1 Å². The number of nitrogens with zero attached hydrogens (tertiary/aromatic N) is 4. The summed E-state index contributed by atoms with van der Waals surface area (Å²) in [5, 5.41) is 0.466. The van der Waals surface area contributed by atoms with Gasteiger partial charge in [-0.1, -0.05) is 11.8 Å². The molecule has 0 fully saturated rings. The molecule has 1 aromatic carbocycles. The number of benzene rings is 1. The number of imidazole rings is 1. The van der Waals surface area contributed by atoms with E-state index in [-0.39, 0.29) is 12.5 Å². The van der Waals surface area contributed by atoms with Gasteiger partial charge in [-0.3, -0.25) is 0 Å². The van der Waals surface area contributed by atoms with E-state index in [0.29, 0.717) is 22.8 Å². The van der Waals surface area contributed by atoms with Crippen LogP contribution in [-0.4, -0.2) is 63.3 Å². The number of hydrogen-bond acceptors (Lipinski definition) is 8. The van der Waals surface area contributed by atoms with Crippen LogP contribution in [0.4, 0.5) is 32.3 Å². The van der Waals surface area contributed by atoms with Crippen molar-refractivity contribution in [2.75, 3.05) is 31.0 Å². The fourth-order valence-corrected chi connectivity index (χ4v) is 6.94. The van der Waals surface area contributed by atoms with Crippen LogP contribution in [0.1, 0.15) is 12.5 Å². The Hall–Kier alpha value is -2.51. The van der Waals surface area contributed by atoms with E-state index in [2.05, 4.69) is 15.0 Å². The molecule has 1 aliphatic heterocycles. The van der Waals surface area contributed by atoms with Gasteiger partial charge in [0.05, 0.1) is 37.9 Å². The number of fused-ring (bicyclic) bond motifs is 2. The van der Waals surface area contributed by atoms with E-state index >= 15 is 0 Å². The normalized spacial score (nSPS) is 15.1. The third kappa shape index (κ3) is 7.29. The minimum Gasteiger partial charge on any atom is -0.493 e. The highest BCUT2D eigenvalue weighted by atomic mass is 32.2. The van der Waals surface area contributed by atoms with E-state index in [4.69, 9.17) is 15.2 Å². The maximum atomic E-state index is 12.8. The zero-order valence-corrected chi connectivity index (χ0v) is 21.1. The highest BCUT2D eigenvalue weighted by Crippen LogP contribution is 2.53. The summed E-state index contributed by atoms with van der Waals surface area (Å²) in [5.74, 6) is 0.777. The standard InChI is InChI=1S/C21H22F6N5O3PS/c1-12(35-11-36(33,8-20(22,23)24)9-21(25,26)27)7-32-10-29-16-17(32)30-19(28)31-18(16)37-14-2-3-15-13(6-14)4-5-34-15/h2-3,6,10,12H,4-5,7-9,11H2,1H3,(H2,28,30,31). The van der Waals surface area contributed by atoms with Crippen LogP contribution in [0.5, 0.6) is 5.75 Å². The minimum atomic E-state index is -5.03. The molecule has 3 heterocycles. The first-order valence-corrected chi connectivity index (χ1v) is 14.0. The van der Waals surface area contributed by atoms with Gasteiger partial charge >= 0.3 is 12.4 Å². The number of halogens is 6. The molecule has 0 saturated carbocycles. The molecule has 0 spiro atoms. The molecular formula is C21H22F6N5O3PS. The Morgan fingerprint density at radius 1 is 1.19 bits per heavy atom. The van der Waals surface area contributed by atoms with Crippen LogP contribution in [0.15, 0.2) is 34.4 Å². The van der Waals surface area contributed by atoms with Gasteiger partial charge in [0.2, 0.25) is 5.95 Å². The number of nitrogen functional groups attached to an aromatic ring is 1. The second-order valence-electron chi connectivity index (χ2n) is 8.64. The summed E-state index contributed by atoms with van der Waals surface area (Å²) in [6.07, 6.45) is -14.1. The number of hydrogen-bond donors (Lipinski definition) is 1. The second kappa shape index (κ2) is 10.3.